The van der Waals surface area contributed by atoms with Crippen LogP contribution in [0, 0.1) is 5.82 Å². The normalized spacial score (nSPS) is 19.4. The van der Waals surface area contributed by atoms with Crippen molar-refractivity contribution in [1.82, 2.24) is 4.57 Å². The van der Waals surface area contributed by atoms with E-state index in [0.717, 1.165) is 35.1 Å². The van der Waals surface area contributed by atoms with Gasteiger partial charge in [-0.05, 0) is 63.8 Å². The van der Waals surface area contributed by atoms with Crippen molar-refractivity contribution in [2.24, 2.45) is 0 Å². The Morgan fingerprint density at radius 2 is 1.72 bits per heavy atom. The van der Waals surface area contributed by atoms with Gasteiger partial charge >= 0.3 is 5.97 Å². The summed E-state index contributed by atoms with van der Waals surface area (Å²) in [5.74, 6) is -1.31. The molecule has 192 valence electrons. The molecule has 1 saturated heterocycles. The van der Waals surface area contributed by atoms with Gasteiger partial charge < -0.3 is 18.8 Å². The van der Waals surface area contributed by atoms with Gasteiger partial charge in [0, 0.05) is 35.5 Å². The third kappa shape index (κ3) is 6.05. The largest absolute Gasteiger partial charge is 0.469 e. The summed E-state index contributed by atoms with van der Waals surface area (Å²) in [7, 11) is 1.39. The van der Waals surface area contributed by atoms with Crippen LogP contribution in [0.3, 0.4) is 0 Å². The van der Waals surface area contributed by atoms with E-state index in [1.165, 1.54) is 24.9 Å². The van der Waals surface area contributed by atoms with Gasteiger partial charge in [0.15, 0.2) is 5.79 Å². The molecule has 2 heterocycles. The summed E-state index contributed by atoms with van der Waals surface area (Å²) in [5.41, 5.74) is 5.54. The maximum absolute atomic E-state index is 13.8. The van der Waals surface area contributed by atoms with E-state index in [2.05, 4.69) is 36.7 Å². The van der Waals surface area contributed by atoms with E-state index in [-0.39, 0.29) is 36.5 Å². The highest BCUT2D eigenvalue weighted by molar-refractivity contribution is 5.85. The molecule has 1 aliphatic rings. The lowest BCUT2D eigenvalue weighted by atomic mass is 9.94. The van der Waals surface area contributed by atoms with Gasteiger partial charge in [-0.3, -0.25) is 4.79 Å². The van der Waals surface area contributed by atoms with E-state index in [4.69, 9.17) is 14.2 Å². The number of benzene rings is 2. The molecule has 0 bridgehead atoms. The molecule has 36 heavy (non-hydrogen) atoms. The Hall–Kier alpha value is -2.96. The summed E-state index contributed by atoms with van der Waals surface area (Å²) in [6.07, 6.45) is 4.26. The second kappa shape index (κ2) is 11.0. The molecule has 0 N–H and O–H groups in total. The highest BCUT2D eigenvalue weighted by Gasteiger charge is 2.36. The maximum Gasteiger partial charge on any atom is 0.308 e. The van der Waals surface area contributed by atoms with Crippen LogP contribution >= 0.6 is 0 Å². The van der Waals surface area contributed by atoms with Crippen molar-refractivity contribution in [3.63, 3.8) is 0 Å². The zero-order valence-corrected chi connectivity index (χ0v) is 21.8. The minimum absolute atomic E-state index is 0.0693. The third-order valence-corrected chi connectivity index (χ3v) is 6.66. The van der Waals surface area contributed by atoms with E-state index >= 15 is 0 Å². The summed E-state index contributed by atoms with van der Waals surface area (Å²) in [4.78, 5) is 11.9. The van der Waals surface area contributed by atoms with Crippen molar-refractivity contribution in [3.8, 4) is 22.3 Å². The van der Waals surface area contributed by atoms with Crippen LogP contribution in [-0.4, -0.2) is 35.6 Å². The number of hydrogen-bond acceptors (Lipinski definition) is 4. The number of methoxy groups -OCH3 is 1. The van der Waals surface area contributed by atoms with Crippen molar-refractivity contribution in [1.29, 1.82) is 0 Å². The smallest absolute Gasteiger partial charge is 0.308 e. The lowest BCUT2D eigenvalue weighted by Gasteiger charge is -2.40. The summed E-state index contributed by atoms with van der Waals surface area (Å²) < 4.78 is 33.2. The number of carbonyl (C=O) groups excluding carboxylic acids is 1. The van der Waals surface area contributed by atoms with Crippen molar-refractivity contribution in [2.75, 3.05) is 7.11 Å². The monoisotopic (exact) mass is 493 g/mol. The molecule has 1 fully saturated rings. The van der Waals surface area contributed by atoms with Crippen LogP contribution in [0.4, 0.5) is 4.39 Å². The summed E-state index contributed by atoms with van der Waals surface area (Å²) in [5, 5.41) is 0. The fourth-order valence-corrected chi connectivity index (χ4v) is 5.14. The topological polar surface area (TPSA) is 49.7 Å². The standard InChI is InChI=1S/C30H36FNO4/c1-20(2)32-19-26(21-9-7-6-8-10-21)29(22-11-13-23(31)14-12-22)27(32)16-15-24-17-25(18-28(33)34-5)36-30(3,4)35-24/h6-14,19-20,24-25H,15-18H2,1-5H3/t24-,25-/m1/s1. The van der Waals surface area contributed by atoms with Gasteiger partial charge in [-0.1, -0.05) is 42.5 Å². The summed E-state index contributed by atoms with van der Waals surface area (Å²) in [6, 6.07) is 17.3. The van der Waals surface area contributed by atoms with Crippen molar-refractivity contribution in [2.45, 2.75) is 77.4 Å². The number of nitrogens with zero attached hydrogens (tertiary/aromatic N) is 1. The minimum atomic E-state index is -0.781. The molecule has 0 unspecified atom stereocenters. The lowest BCUT2D eigenvalue weighted by Crippen LogP contribution is -2.45. The molecule has 2 atom stereocenters. The Morgan fingerprint density at radius 1 is 1.06 bits per heavy atom. The predicted molar refractivity (Wildman–Crippen MR) is 139 cm³/mol. The number of aromatic nitrogens is 1. The van der Waals surface area contributed by atoms with E-state index in [0.29, 0.717) is 6.42 Å². The first-order valence-corrected chi connectivity index (χ1v) is 12.6. The van der Waals surface area contributed by atoms with Crippen LogP contribution < -0.4 is 0 Å². The Morgan fingerprint density at radius 3 is 2.36 bits per heavy atom. The number of rotatable bonds is 8. The van der Waals surface area contributed by atoms with Crippen molar-refractivity contribution < 1.29 is 23.4 Å². The number of esters is 1. The first kappa shape index (κ1) is 26.1. The van der Waals surface area contributed by atoms with Crippen molar-refractivity contribution in [3.05, 3.63) is 72.3 Å². The third-order valence-electron chi connectivity index (χ3n) is 6.66. The zero-order chi connectivity index (χ0) is 25.9. The van der Waals surface area contributed by atoms with Crippen LogP contribution in [0.15, 0.2) is 60.8 Å². The molecule has 0 radical (unpaired) electrons. The molecule has 0 saturated carbocycles. The van der Waals surface area contributed by atoms with Crippen LogP contribution in [0.1, 0.15) is 58.7 Å². The Kier molecular flexibility index (Phi) is 7.96. The predicted octanol–water partition coefficient (Wildman–Crippen LogP) is 6.95. The lowest BCUT2D eigenvalue weighted by molar-refractivity contribution is -0.300. The van der Waals surface area contributed by atoms with Crippen molar-refractivity contribution >= 4 is 5.97 Å². The van der Waals surface area contributed by atoms with Gasteiger partial charge in [0.1, 0.15) is 5.82 Å². The molecule has 2 aromatic carbocycles. The van der Waals surface area contributed by atoms with E-state index in [9.17, 15) is 9.18 Å². The summed E-state index contributed by atoms with van der Waals surface area (Å²) >= 11 is 0. The van der Waals surface area contributed by atoms with Gasteiger partial charge in [0.05, 0.1) is 25.7 Å². The summed E-state index contributed by atoms with van der Waals surface area (Å²) in [6.45, 7) is 8.12. The Labute approximate surface area is 213 Å². The van der Waals surface area contributed by atoms with E-state index in [1.54, 1.807) is 0 Å². The zero-order valence-electron chi connectivity index (χ0n) is 21.8. The van der Waals surface area contributed by atoms with E-state index < -0.39 is 5.79 Å². The van der Waals surface area contributed by atoms with E-state index in [1.807, 2.05) is 44.2 Å². The van der Waals surface area contributed by atoms with Gasteiger partial charge in [-0.25, -0.2) is 4.39 Å². The molecular weight excluding hydrogens is 457 g/mol. The molecular formula is C30H36FNO4. The molecule has 0 spiro atoms. The first-order chi connectivity index (χ1) is 17.2. The average Bonchev–Trinajstić information content (AvgIpc) is 3.22. The fraction of sp³-hybridized carbons (Fsp3) is 0.433. The Bertz CT molecular complexity index is 1170. The quantitative estimate of drug-likeness (QED) is 0.319. The van der Waals surface area contributed by atoms with Gasteiger partial charge in [0.25, 0.3) is 0 Å². The fourth-order valence-electron chi connectivity index (χ4n) is 5.14. The average molecular weight is 494 g/mol. The van der Waals surface area contributed by atoms with Gasteiger partial charge in [-0.15, -0.1) is 0 Å². The number of hydrogen-bond donors (Lipinski definition) is 0. The maximum atomic E-state index is 13.8. The molecule has 0 amide bonds. The molecule has 4 rings (SSSR count). The molecule has 0 aliphatic carbocycles. The molecule has 6 heteroatoms. The van der Waals surface area contributed by atoms with Crippen LogP contribution in [0.25, 0.3) is 22.3 Å². The minimum Gasteiger partial charge on any atom is -0.469 e. The van der Waals surface area contributed by atoms with Crippen LogP contribution in [0.5, 0.6) is 0 Å². The van der Waals surface area contributed by atoms with Crippen LogP contribution in [0.2, 0.25) is 0 Å². The van der Waals surface area contributed by atoms with Gasteiger partial charge in [0.2, 0.25) is 0 Å². The molecule has 1 aliphatic heterocycles. The van der Waals surface area contributed by atoms with Gasteiger partial charge in [-0.2, -0.15) is 0 Å². The first-order valence-electron chi connectivity index (χ1n) is 12.6. The number of halogens is 1. The second-order valence-corrected chi connectivity index (χ2v) is 10.2. The Balaban J connectivity index is 1.69. The molecule has 5 nitrogen and oxygen atoms in total. The highest BCUT2D eigenvalue weighted by Crippen LogP contribution is 2.40. The highest BCUT2D eigenvalue weighted by atomic mass is 19.1. The second-order valence-electron chi connectivity index (χ2n) is 10.2. The number of ether oxygens (including phenoxy) is 3. The molecule has 3 aromatic rings. The molecule has 1 aromatic heterocycles. The van der Waals surface area contributed by atoms with Crippen LogP contribution in [-0.2, 0) is 25.4 Å². The number of carbonyl (C=O) groups is 1. The SMILES string of the molecule is COC(=O)C[C@H]1C[C@@H](CCc2c(-c3ccc(F)cc3)c(-c3ccccc3)cn2C(C)C)OC(C)(C)O1.